The Morgan fingerprint density at radius 1 is 1.10 bits per heavy atom. The number of anilines is 1. The average molecular weight is 398 g/mol. The molecule has 10 nitrogen and oxygen atoms in total. The molecular formula is C19H18N4O6. The molecule has 3 heterocycles. The molecule has 0 spiro atoms. The van der Waals surface area contributed by atoms with Crippen LogP contribution in [0.15, 0.2) is 34.7 Å². The third-order valence-electron chi connectivity index (χ3n) is 4.80. The maximum absolute atomic E-state index is 12.6. The number of benzene rings is 1. The van der Waals surface area contributed by atoms with Crippen molar-refractivity contribution in [2.45, 2.75) is 19.4 Å². The molecule has 1 saturated heterocycles. The number of rotatable bonds is 5. The third kappa shape index (κ3) is 3.69. The number of carbonyl (C=O) groups excluding carboxylic acids is 1. The second-order valence-corrected chi connectivity index (χ2v) is 6.81. The van der Waals surface area contributed by atoms with Crippen LogP contribution in [0.3, 0.4) is 0 Å². The van der Waals surface area contributed by atoms with Gasteiger partial charge in [0, 0.05) is 18.2 Å². The van der Waals surface area contributed by atoms with Crippen molar-refractivity contribution in [1.29, 1.82) is 0 Å². The standard InChI is InChI=1S/C19H18N4O6/c24-17(12-5-3-11(4-6-12)10-22-7-1-2-8-22)20-16-15-13(23(21-16)19(27)28)9-14(29-15)18(25)26/h3-6,9H,1-2,7-8,10H2,(H,25,26)(H,27,28)(H,20,21,24). The average Bonchev–Trinajstić information content (AvgIpc) is 3.40. The van der Waals surface area contributed by atoms with Crippen molar-refractivity contribution in [3.05, 3.63) is 47.2 Å². The van der Waals surface area contributed by atoms with Gasteiger partial charge in [-0.3, -0.25) is 9.69 Å². The highest BCUT2D eigenvalue weighted by molar-refractivity contribution is 6.08. The smallest absolute Gasteiger partial charge is 0.432 e. The zero-order valence-electron chi connectivity index (χ0n) is 15.3. The maximum Gasteiger partial charge on any atom is 0.432 e. The summed E-state index contributed by atoms with van der Waals surface area (Å²) in [6, 6.07) is 8.14. The Morgan fingerprint density at radius 2 is 1.79 bits per heavy atom. The molecule has 2 aromatic heterocycles. The highest BCUT2D eigenvalue weighted by atomic mass is 16.4. The van der Waals surface area contributed by atoms with Gasteiger partial charge < -0.3 is 19.9 Å². The zero-order chi connectivity index (χ0) is 20.5. The molecule has 1 aliphatic heterocycles. The van der Waals surface area contributed by atoms with Crippen molar-refractivity contribution in [3.8, 4) is 0 Å². The summed E-state index contributed by atoms with van der Waals surface area (Å²) in [5, 5.41) is 24.6. The molecule has 29 heavy (non-hydrogen) atoms. The van der Waals surface area contributed by atoms with Gasteiger partial charge in [0.1, 0.15) is 5.52 Å². The fourth-order valence-corrected chi connectivity index (χ4v) is 3.38. The second-order valence-electron chi connectivity index (χ2n) is 6.81. The van der Waals surface area contributed by atoms with E-state index in [0.29, 0.717) is 10.2 Å². The molecule has 0 bridgehead atoms. The van der Waals surface area contributed by atoms with Crippen molar-refractivity contribution in [3.63, 3.8) is 0 Å². The van der Waals surface area contributed by atoms with Crippen LogP contribution in [0.25, 0.3) is 11.1 Å². The zero-order valence-corrected chi connectivity index (χ0v) is 15.3. The second kappa shape index (κ2) is 7.40. The number of carboxylic acid groups (broad SMARTS) is 2. The van der Waals surface area contributed by atoms with Gasteiger partial charge in [0.25, 0.3) is 5.91 Å². The molecule has 150 valence electrons. The summed E-state index contributed by atoms with van der Waals surface area (Å²) in [6.07, 6.45) is 0.974. The minimum absolute atomic E-state index is 0.0637. The number of aromatic carboxylic acids is 1. The van der Waals surface area contributed by atoms with Gasteiger partial charge in [-0.15, -0.1) is 5.10 Å². The topological polar surface area (TPSA) is 138 Å². The molecule has 1 aliphatic rings. The van der Waals surface area contributed by atoms with Crippen LogP contribution >= 0.6 is 0 Å². The van der Waals surface area contributed by atoms with Crippen LogP contribution in [0.1, 0.15) is 39.3 Å². The van der Waals surface area contributed by atoms with Crippen LogP contribution in [0.2, 0.25) is 0 Å². The first-order valence-electron chi connectivity index (χ1n) is 9.04. The van der Waals surface area contributed by atoms with Gasteiger partial charge in [-0.2, -0.15) is 4.68 Å². The van der Waals surface area contributed by atoms with Gasteiger partial charge >= 0.3 is 12.1 Å². The third-order valence-corrected chi connectivity index (χ3v) is 4.80. The fraction of sp³-hybridized carbons (Fsp3) is 0.263. The largest absolute Gasteiger partial charge is 0.475 e. The molecule has 0 saturated carbocycles. The normalized spacial score (nSPS) is 14.3. The molecule has 1 aromatic carbocycles. The number of nitrogens with one attached hydrogen (secondary N) is 1. The lowest BCUT2D eigenvalue weighted by molar-refractivity contribution is 0.0665. The maximum atomic E-state index is 12.6. The van der Waals surface area contributed by atoms with E-state index in [9.17, 15) is 19.5 Å². The molecule has 3 aromatic rings. The molecule has 10 heteroatoms. The van der Waals surface area contributed by atoms with Crippen molar-refractivity contribution in [2.24, 2.45) is 0 Å². The first-order valence-corrected chi connectivity index (χ1v) is 9.04. The lowest BCUT2D eigenvalue weighted by Crippen LogP contribution is -2.18. The lowest BCUT2D eigenvalue weighted by Gasteiger charge is -2.14. The number of nitrogens with zero attached hydrogens (tertiary/aromatic N) is 3. The molecule has 0 aliphatic carbocycles. The Hall–Kier alpha value is -3.66. The highest BCUT2D eigenvalue weighted by Crippen LogP contribution is 2.27. The Balaban J connectivity index is 1.55. The van der Waals surface area contributed by atoms with Gasteiger partial charge in [0.2, 0.25) is 5.76 Å². The Bertz CT molecular complexity index is 1090. The summed E-state index contributed by atoms with van der Waals surface area (Å²) >= 11 is 0. The monoisotopic (exact) mass is 398 g/mol. The molecule has 4 rings (SSSR count). The van der Waals surface area contributed by atoms with Gasteiger partial charge in [0.15, 0.2) is 11.4 Å². The molecule has 0 radical (unpaired) electrons. The van der Waals surface area contributed by atoms with E-state index in [2.05, 4.69) is 15.3 Å². The summed E-state index contributed by atoms with van der Waals surface area (Å²) in [7, 11) is 0. The summed E-state index contributed by atoms with van der Waals surface area (Å²) in [5.41, 5.74) is 1.27. The summed E-state index contributed by atoms with van der Waals surface area (Å²) in [6.45, 7) is 2.98. The van der Waals surface area contributed by atoms with E-state index in [0.717, 1.165) is 31.3 Å². The molecule has 0 unspecified atom stereocenters. The molecule has 1 amide bonds. The lowest BCUT2D eigenvalue weighted by atomic mass is 10.1. The van der Waals surface area contributed by atoms with Crippen molar-refractivity contribution < 1.29 is 29.0 Å². The van der Waals surface area contributed by atoms with Crippen LogP contribution in [0, 0.1) is 0 Å². The summed E-state index contributed by atoms with van der Waals surface area (Å²) < 4.78 is 5.71. The minimum atomic E-state index is -1.43. The Morgan fingerprint density at radius 3 is 2.41 bits per heavy atom. The molecular weight excluding hydrogens is 380 g/mol. The number of likely N-dealkylation sites (tertiary alicyclic amines) is 1. The number of fused-ring (bicyclic) bond motifs is 1. The number of carboxylic acids is 1. The van der Waals surface area contributed by atoms with Gasteiger partial charge in [-0.25, -0.2) is 9.59 Å². The highest BCUT2D eigenvalue weighted by Gasteiger charge is 2.24. The van der Waals surface area contributed by atoms with E-state index in [4.69, 9.17) is 9.52 Å². The number of carbonyl (C=O) groups is 3. The Kier molecular flexibility index (Phi) is 4.77. The number of aromatic nitrogens is 2. The molecule has 1 fully saturated rings. The van der Waals surface area contributed by atoms with E-state index < -0.39 is 23.7 Å². The van der Waals surface area contributed by atoms with E-state index >= 15 is 0 Å². The first-order chi connectivity index (χ1) is 13.9. The van der Waals surface area contributed by atoms with E-state index in [1.807, 2.05) is 12.1 Å². The number of furan rings is 1. The number of hydrogen-bond acceptors (Lipinski definition) is 6. The van der Waals surface area contributed by atoms with Crippen molar-refractivity contribution >= 4 is 34.9 Å². The molecule has 3 N–H and O–H groups in total. The number of amides is 1. The summed E-state index contributed by atoms with van der Waals surface area (Å²) in [4.78, 5) is 37.3. The van der Waals surface area contributed by atoms with Crippen molar-refractivity contribution in [1.82, 2.24) is 14.7 Å². The Labute approximate surface area is 164 Å². The number of hydrogen-bond donors (Lipinski definition) is 3. The fourth-order valence-electron chi connectivity index (χ4n) is 3.38. The predicted octanol–water partition coefficient (Wildman–Crippen LogP) is 2.70. The van der Waals surface area contributed by atoms with Crippen LogP contribution in [0.5, 0.6) is 0 Å². The quantitative estimate of drug-likeness (QED) is 0.596. The van der Waals surface area contributed by atoms with Gasteiger partial charge in [-0.05, 0) is 43.6 Å². The van der Waals surface area contributed by atoms with E-state index in [1.54, 1.807) is 12.1 Å². The van der Waals surface area contributed by atoms with Crippen LogP contribution < -0.4 is 5.32 Å². The van der Waals surface area contributed by atoms with Crippen LogP contribution in [0.4, 0.5) is 10.6 Å². The van der Waals surface area contributed by atoms with Crippen LogP contribution in [-0.4, -0.2) is 56.0 Å². The summed E-state index contributed by atoms with van der Waals surface area (Å²) in [5.74, 6) is -2.48. The van der Waals surface area contributed by atoms with Crippen LogP contribution in [-0.2, 0) is 6.54 Å². The molecule has 0 atom stereocenters. The minimum Gasteiger partial charge on any atom is -0.475 e. The van der Waals surface area contributed by atoms with E-state index in [-0.39, 0.29) is 16.9 Å². The van der Waals surface area contributed by atoms with E-state index in [1.165, 1.54) is 12.8 Å². The predicted molar refractivity (Wildman–Crippen MR) is 101 cm³/mol. The van der Waals surface area contributed by atoms with Gasteiger partial charge in [-0.1, -0.05) is 12.1 Å². The van der Waals surface area contributed by atoms with Crippen molar-refractivity contribution in [2.75, 3.05) is 18.4 Å². The SMILES string of the molecule is O=C(Nc1nn(C(=O)O)c2cc(C(=O)O)oc12)c1ccc(CN2CCCC2)cc1. The van der Waals surface area contributed by atoms with Gasteiger partial charge in [0.05, 0.1) is 0 Å². The first kappa shape index (κ1) is 18.7.